The Morgan fingerprint density at radius 2 is 1.83 bits per heavy atom. The first-order valence-electron chi connectivity index (χ1n) is 6.21. The van der Waals surface area contributed by atoms with Crippen molar-refractivity contribution < 1.29 is 32.2 Å². The number of esters is 1. The van der Waals surface area contributed by atoms with E-state index in [4.69, 9.17) is 16.3 Å². The Kier molecular flexibility index (Phi) is 5.47. The maximum Gasteiger partial charge on any atom is 0.433 e. The molecule has 0 spiro atoms. The quantitative estimate of drug-likeness (QED) is 0.815. The highest BCUT2D eigenvalue weighted by Gasteiger charge is 2.35. The third kappa shape index (κ3) is 5.27. The second-order valence-corrected chi connectivity index (χ2v) is 5.74. The number of halogens is 4. The van der Waals surface area contributed by atoms with Crippen LogP contribution in [0.5, 0.6) is 0 Å². The summed E-state index contributed by atoms with van der Waals surface area (Å²) in [4.78, 5) is 26.6. The zero-order chi connectivity index (χ0) is 18.0. The molecular formula is C13H14ClF3N2O4. The molecule has 1 heterocycles. The van der Waals surface area contributed by atoms with Gasteiger partial charge in [-0.25, -0.2) is 14.6 Å². The largest absolute Gasteiger partial charge is 0.465 e. The first-order valence-corrected chi connectivity index (χ1v) is 6.59. The summed E-state index contributed by atoms with van der Waals surface area (Å²) in [6.45, 7) is 4.67. The molecule has 0 aliphatic rings. The fourth-order valence-corrected chi connectivity index (χ4v) is 1.72. The number of amides is 1. The highest BCUT2D eigenvalue weighted by molar-refractivity contribution is 6.34. The Balaban J connectivity index is 3.33. The lowest BCUT2D eigenvalue weighted by molar-refractivity contribution is -0.141. The zero-order valence-corrected chi connectivity index (χ0v) is 13.4. The topological polar surface area (TPSA) is 77.5 Å². The molecule has 10 heteroatoms. The summed E-state index contributed by atoms with van der Waals surface area (Å²) >= 11 is 5.70. The van der Waals surface area contributed by atoms with Gasteiger partial charge in [0.1, 0.15) is 16.9 Å². The second-order valence-electron chi connectivity index (χ2n) is 5.33. The molecule has 0 saturated carbocycles. The van der Waals surface area contributed by atoms with Crippen molar-refractivity contribution >= 4 is 29.5 Å². The highest BCUT2D eigenvalue weighted by atomic mass is 35.5. The van der Waals surface area contributed by atoms with E-state index in [1.165, 1.54) is 0 Å². The Morgan fingerprint density at radius 3 is 2.26 bits per heavy atom. The SMILES string of the molecule is COC(=O)c1c(Cl)cc(C(F)(F)F)nc1NC(=O)OC(C)(C)C. The molecule has 1 aromatic rings. The molecule has 0 saturated heterocycles. The molecule has 0 bridgehead atoms. The van der Waals surface area contributed by atoms with E-state index in [2.05, 4.69) is 9.72 Å². The first-order chi connectivity index (χ1) is 10.3. The Morgan fingerprint density at radius 1 is 1.26 bits per heavy atom. The monoisotopic (exact) mass is 354 g/mol. The normalized spacial score (nSPS) is 11.8. The molecule has 0 fully saturated rings. The van der Waals surface area contributed by atoms with Crippen molar-refractivity contribution in [2.75, 3.05) is 12.4 Å². The second kappa shape index (κ2) is 6.61. The number of rotatable bonds is 2. The van der Waals surface area contributed by atoms with E-state index in [9.17, 15) is 22.8 Å². The fourth-order valence-electron chi connectivity index (χ4n) is 1.45. The van der Waals surface area contributed by atoms with Crippen LogP contribution in [-0.2, 0) is 15.7 Å². The van der Waals surface area contributed by atoms with E-state index in [1.54, 1.807) is 20.8 Å². The van der Waals surface area contributed by atoms with Gasteiger partial charge < -0.3 is 9.47 Å². The van der Waals surface area contributed by atoms with Crippen molar-refractivity contribution in [1.82, 2.24) is 4.98 Å². The lowest BCUT2D eigenvalue weighted by Gasteiger charge is -2.20. The number of aromatic nitrogens is 1. The van der Waals surface area contributed by atoms with Crippen LogP contribution in [0.25, 0.3) is 0 Å². The summed E-state index contributed by atoms with van der Waals surface area (Å²) < 4.78 is 47.7. The number of hydrogen-bond donors (Lipinski definition) is 1. The van der Waals surface area contributed by atoms with E-state index in [-0.39, 0.29) is 0 Å². The van der Waals surface area contributed by atoms with Crippen molar-refractivity contribution in [3.8, 4) is 0 Å². The molecule has 1 N–H and O–H groups in total. The van der Waals surface area contributed by atoms with Gasteiger partial charge in [0.25, 0.3) is 0 Å². The zero-order valence-electron chi connectivity index (χ0n) is 12.7. The van der Waals surface area contributed by atoms with Crippen LogP contribution in [0.4, 0.5) is 23.8 Å². The molecule has 0 atom stereocenters. The van der Waals surface area contributed by atoms with E-state index in [1.807, 2.05) is 5.32 Å². The van der Waals surface area contributed by atoms with E-state index in [0.717, 1.165) is 7.11 Å². The molecule has 0 radical (unpaired) electrons. The Bertz CT molecular complexity index is 627. The molecule has 23 heavy (non-hydrogen) atoms. The van der Waals surface area contributed by atoms with Crippen molar-refractivity contribution in [2.24, 2.45) is 0 Å². The van der Waals surface area contributed by atoms with Crippen LogP contribution >= 0.6 is 11.6 Å². The van der Waals surface area contributed by atoms with Gasteiger partial charge in [0, 0.05) is 0 Å². The molecule has 0 aliphatic heterocycles. The van der Waals surface area contributed by atoms with Crippen LogP contribution in [0.1, 0.15) is 36.8 Å². The number of alkyl halides is 3. The van der Waals surface area contributed by atoms with Gasteiger partial charge in [0.15, 0.2) is 5.82 Å². The first kappa shape index (κ1) is 19.0. The summed E-state index contributed by atoms with van der Waals surface area (Å²) in [6, 6.07) is 0.466. The smallest absolute Gasteiger partial charge is 0.433 e. The van der Waals surface area contributed by atoms with Crippen LogP contribution in [0, 0.1) is 0 Å². The van der Waals surface area contributed by atoms with Crippen LogP contribution in [-0.4, -0.2) is 29.8 Å². The van der Waals surface area contributed by atoms with Crippen molar-refractivity contribution in [2.45, 2.75) is 32.5 Å². The van der Waals surface area contributed by atoms with Crippen LogP contribution in [0.3, 0.4) is 0 Å². The number of nitrogens with zero attached hydrogens (tertiary/aromatic N) is 1. The van der Waals surface area contributed by atoms with Gasteiger partial charge in [-0.2, -0.15) is 13.2 Å². The highest BCUT2D eigenvalue weighted by Crippen LogP contribution is 2.33. The lowest BCUT2D eigenvalue weighted by Crippen LogP contribution is -2.28. The molecular weight excluding hydrogens is 341 g/mol. The van der Waals surface area contributed by atoms with Crippen LogP contribution < -0.4 is 5.32 Å². The van der Waals surface area contributed by atoms with Crippen molar-refractivity contribution in [3.63, 3.8) is 0 Å². The molecule has 128 valence electrons. The predicted octanol–water partition coefficient (Wildman–Crippen LogP) is 3.89. The maximum absolute atomic E-state index is 12.8. The molecule has 0 aliphatic carbocycles. The molecule has 0 aromatic carbocycles. The van der Waals surface area contributed by atoms with Gasteiger partial charge in [-0.05, 0) is 26.8 Å². The predicted molar refractivity (Wildman–Crippen MR) is 75.4 cm³/mol. The maximum atomic E-state index is 12.8. The van der Waals surface area contributed by atoms with E-state index < -0.39 is 45.9 Å². The lowest BCUT2D eigenvalue weighted by atomic mass is 10.2. The summed E-state index contributed by atoms with van der Waals surface area (Å²) in [5.74, 6) is -1.76. The number of pyridine rings is 1. The Hall–Kier alpha value is -2.03. The number of carbonyl (C=O) groups is 2. The minimum Gasteiger partial charge on any atom is -0.465 e. The number of hydrogen-bond acceptors (Lipinski definition) is 5. The molecule has 6 nitrogen and oxygen atoms in total. The minimum absolute atomic E-state index is 0.466. The third-order valence-corrected chi connectivity index (χ3v) is 2.57. The summed E-state index contributed by atoms with van der Waals surface area (Å²) in [7, 11) is 1.01. The van der Waals surface area contributed by atoms with Gasteiger partial charge in [0.05, 0.1) is 12.1 Å². The summed E-state index contributed by atoms with van der Waals surface area (Å²) in [5, 5.41) is 1.41. The van der Waals surface area contributed by atoms with Gasteiger partial charge in [-0.1, -0.05) is 11.6 Å². The average molecular weight is 355 g/mol. The van der Waals surface area contributed by atoms with Crippen molar-refractivity contribution in [1.29, 1.82) is 0 Å². The van der Waals surface area contributed by atoms with E-state index in [0.29, 0.717) is 6.07 Å². The van der Waals surface area contributed by atoms with Gasteiger partial charge in [-0.15, -0.1) is 0 Å². The third-order valence-electron chi connectivity index (χ3n) is 2.27. The molecule has 0 unspecified atom stereocenters. The minimum atomic E-state index is -4.82. The van der Waals surface area contributed by atoms with Gasteiger partial charge >= 0.3 is 18.2 Å². The van der Waals surface area contributed by atoms with Crippen molar-refractivity contribution in [3.05, 3.63) is 22.3 Å². The van der Waals surface area contributed by atoms with Crippen LogP contribution in [0.2, 0.25) is 5.02 Å². The average Bonchev–Trinajstić information content (AvgIpc) is 2.33. The number of ether oxygens (including phenoxy) is 2. The standard InChI is InChI=1S/C13H14ClF3N2O4/c1-12(2,3)23-11(21)19-9-8(10(20)22-4)6(14)5-7(18-9)13(15,16)17/h5H,1-4H3,(H,18,19,21). The van der Waals surface area contributed by atoms with E-state index >= 15 is 0 Å². The molecule has 1 rings (SSSR count). The number of anilines is 1. The Labute approximate surface area is 134 Å². The number of methoxy groups -OCH3 is 1. The number of nitrogens with one attached hydrogen (secondary N) is 1. The van der Waals surface area contributed by atoms with Gasteiger partial charge in [-0.3, -0.25) is 5.32 Å². The summed E-state index contributed by atoms with van der Waals surface area (Å²) in [5.41, 5.74) is -2.78. The van der Waals surface area contributed by atoms with Gasteiger partial charge in [0.2, 0.25) is 0 Å². The summed E-state index contributed by atoms with van der Waals surface area (Å²) in [6.07, 6.45) is -5.91. The number of carbonyl (C=O) groups excluding carboxylic acids is 2. The molecule has 1 amide bonds. The molecule has 1 aromatic heterocycles. The fraction of sp³-hybridized carbons (Fsp3) is 0.462. The van der Waals surface area contributed by atoms with Crippen LogP contribution in [0.15, 0.2) is 6.07 Å².